The zero-order valence-electron chi connectivity index (χ0n) is 18.0. The van der Waals surface area contributed by atoms with Crippen molar-refractivity contribution >= 4 is 17.6 Å². The van der Waals surface area contributed by atoms with Crippen molar-refractivity contribution in [1.82, 2.24) is 0 Å². The number of carbonyl (C=O) groups is 2. The summed E-state index contributed by atoms with van der Waals surface area (Å²) in [6, 6.07) is 19.0. The Hall–Kier alpha value is -3.80. The van der Waals surface area contributed by atoms with Gasteiger partial charge in [0.25, 0.3) is 5.91 Å². The number of carbonyl (C=O) groups excluding carboxylic acids is 2. The van der Waals surface area contributed by atoms with E-state index in [-0.39, 0.29) is 5.91 Å². The van der Waals surface area contributed by atoms with E-state index in [0.717, 1.165) is 11.1 Å². The van der Waals surface area contributed by atoms with E-state index >= 15 is 0 Å². The molecule has 0 radical (unpaired) electrons. The van der Waals surface area contributed by atoms with Crippen LogP contribution in [0.3, 0.4) is 0 Å². The summed E-state index contributed by atoms with van der Waals surface area (Å²) in [5.74, 6) is 0.864. The third-order valence-electron chi connectivity index (χ3n) is 4.81. The average Bonchev–Trinajstić information content (AvgIpc) is 2.77. The van der Waals surface area contributed by atoms with Crippen LogP contribution in [0, 0.1) is 13.8 Å². The number of esters is 1. The number of ether oxygens (including phenoxy) is 3. The van der Waals surface area contributed by atoms with E-state index < -0.39 is 12.1 Å². The van der Waals surface area contributed by atoms with Crippen LogP contribution >= 0.6 is 0 Å². The second-order valence-electron chi connectivity index (χ2n) is 7.13. The molecule has 1 atom stereocenters. The molecule has 1 unspecified atom stereocenters. The maximum Gasteiger partial charge on any atom is 0.352 e. The average molecular weight is 419 g/mol. The van der Waals surface area contributed by atoms with Crippen molar-refractivity contribution in [3.05, 3.63) is 83.4 Å². The Morgan fingerprint density at radius 2 is 1.42 bits per heavy atom. The van der Waals surface area contributed by atoms with Gasteiger partial charge in [0.05, 0.1) is 7.11 Å². The number of methoxy groups -OCH3 is 1. The second-order valence-corrected chi connectivity index (χ2v) is 7.13. The molecule has 1 N–H and O–H groups in total. The monoisotopic (exact) mass is 419 g/mol. The van der Waals surface area contributed by atoms with Crippen LogP contribution in [0.25, 0.3) is 0 Å². The molecule has 6 nitrogen and oxygen atoms in total. The summed E-state index contributed by atoms with van der Waals surface area (Å²) >= 11 is 0. The summed E-state index contributed by atoms with van der Waals surface area (Å²) < 4.78 is 16.2. The maximum atomic E-state index is 12.4. The van der Waals surface area contributed by atoms with E-state index in [1.807, 2.05) is 32.0 Å². The summed E-state index contributed by atoms with van der Waals surface area (Å²) in [5, 5.41) is 2.80. The molecule has 0 saturated carbocycles. The molecule has 3 aromatic carbocycles. The molecule has 6 heteroatoms. The molecule has 0 aromatic heterocycles. The van der Waals surface area contributed by atoms with Crippen LogP contribution in [0.2, 0.25) is 0 Å². The molecular formula is C25H25NO5. The van der Waals surface area contributed by atoms with Gasteiger partial charge in [-0.15, -0.1) is 0 Å². The van der Waals surface area contributed by atoms with E-state index in [1.165, 1.54) is 0 Å². The highest BCUT2D eigenvalue weighted by Crippen LogP contribution is 2.20. The Morgan fingerprint density at radius 3 is 2.03 bits per heavy atom. The van der Waals surface area contributed by atoms with Crippen molar-refractivity contribution in [2.75, 3.05) is 12.4 Å². The van der Waals surface area contributed by atoms with Crippen molar-refractivity contribution in [2.45, 2.75) is 26.9 Å². The first kappa shape index (κ1) is 21.9. The van der Waals surface area contributed by atoms with Crippen LogP contribution in [-0.4, -0.2) is 25.1 Å². The number of nitrogens with one attached hydrogen (secondary N) is 1. The molecule has 0 spiro atoms. The lowest BCUT2D eigenvalue weighted by atomic mass is 10.1. The number of rotatable bonds is 7. The fourth-order valence-electron chi connectivity index (χ4n) is 2.79. The first-order valence-electron chi connectivity index (χ1n) is 9.87. The quantitative estimate of drug-likeness (QED) is 0.434. The lowest BCUT2D eigenvalue weighted by molar-refractivity contribution is -0.141. The SMILES string of the molecule is COc1ccc(NC(=O)c2ccc(OC(=O)C(C)Oc3ccc(C)c(C)c3)cc2)cc1. The third kappa shape index (κ3) is 5.85. The van der Waals surface area contributed by atoms with Gasteiger partial charge < -0.3 is 19.5 Å². The van der Waals surface area contributed by atoms with Crippen LogP contribution in [0.4, 0.5) is 5.69 Å². The summed E-state index contributed by atoms with van der Waals surface area (Å²) in [7, 11) is 1.58. The topological polar surface area (TPSA) is 73.9 Å². The number of benzene rings is 3. The van der Waals surface area contributed by atoms with Crippen LogP contribution in [0.15, 0.2) is 66.7 Å². The van der Waals surface area contributed by atoms with Gasteiger partial charge in [0.2, 0.25) is 0 Å². The van der Waals surface area contributed by atoms with Crippen molar-refractivity contribution in [3.8, 4) is 17.2 Å². The van der Waals surface area contributed by atoms with Crippen LogP contribution in [-0.2, 0) is 4.79 Å². The Labute approximate surface area is 181 Å². The van der Waals surface area contributed by atoms with E-state index in [1.54, 1.807) is 62.6 Å². The molecule has 0 fully saturated rings. The Bertz CT molecular complexity index is 1060. The van der Waals surface area contributed by atoms with Crippen LogP contribution in [0.1, 0.15) is 28.4 Å². The summed E-state index contributed by atoms with van der Waals surface area (Å²) in [6.45, 7) is 5.63. The van der Waals surface area contributed by atoms with Crippen LogP contribution < -0.4 is 19.5 Å². The molecule has 3 aromatic rings. The fraction of sp³-hybridized carbons (Fsp3) is 0.200. The second kappa shape index (κ2) is 9.80. The van der Waals surface area contributed by atoms with Gasteiger partial charge in [-0.05, 0) is 92.6 Å². The smallest absolute Gasteiger partial charge is 0.352 e. The summed E-state index contributed by atoms with van der Waals surface area (Å²) in [5.41, 5.74) is 3.33. The van der Waals surface area contributed by atoms with E-state index in [4.69, 9.17) is 14.2 Å². The van der Waals surface area contributed by atoms with Gasteiger partial charge in [-0.2, -0.15) is 0 Å². The Morgan fingerprint density at radius 1 is 0.806 bits per heavy atom. The molecule has 3 rings (SSSR count). The molecule has 0 aliphatic heterocycles. The van der Waals surface area contributed by atoms with E-state index in [0.29, 0.717) is 28.5 Å². The Balaban J connectivity index is 1.56. The van der Waals surface area contributed by atoms with Crippen molar-refractivity contribution in [3.63, 3.8) is 0 Å². The van der Waals surface area contributed by atoms with Crippen molar-refractivity contribution in [2.24, 2.45) is 0 Å². The number of anilines is 1. The fourth-order valence-corrected chi connectivity index (χ4v) is 2.79. The molecule has 0 heterocycles. The predicted molar refractivity (Wildman–Crippen MR) is 119 cm³/mol. The highest BCUT2D eigenvalue weighted by molar-refractivity contribution is 6.04. The molecule has 0 saturated heterocycles. The minimum atomic E-state index is -0.778. The van der Waals surface area contributed by atoms with E-state index in [9.17, 15) is 9.59 Å². The molecule has 1 amide bonds. The highest BCUT2D eigenvalue weighted by Gasteiger charge is 2.18. The number of hydrogen-bond donors (Lipinski definition) is 1. The zero-order valence-corrected chi connectivity index (χ0v) is 18.0. The zero-order chi connectivity index (χ0) is 22.4. The minimum absolute atomic E-state index is 0.269. The first-order chi connectivity index (χ1) is 14.9. The van der Waals surface area contributed by atoms with Gasteiger partial charge in [0.15, 0.2) is 6.10 Å². The Kier molecular flexibility index (Phi) is 6.92. The van der Waals surface area contributed by atoms with Gasteiger partial charge in [0, 0.05) is 11.3 Å². The lowest BCUT2D eigenvalue weighted by Crippen LogP contribution is -2.28. The van der Waals surface area contributed by atoms with E-state index in [2.05, 4.69) is 5.32 Å². The van der Waals surface area contributed by atoms with Gasteiger partial charge >= 0.3 is 5.97 Å². The predicted octanol–water partition coefficient (Wildman–Crippen LogP) is 4.94. The standard InChI is InChI=1S/C25H25NO5/c1-16-5-10-23(15-17(16)2)30-18(3)25(28)31-22-11-6-19(7-12-22)24(27)26-20-8-13-21(29-4)14-9-20/h5-15,18H,1-4H3,(H,26,27). The van der Waals surface area contributed by atoms with Gasteiger partial charge in [0.1, 0.15) is 17.2 Å². The molecule has 0 bridgehead atoms. The third-order valence-corrected chi connectivity index (χ3v) is 4.81. The minimum Gasteiger partial charge on any atom is -0.497 e. The van der Waals surface area contributed by atoms with Gasteiger partial charge in [-0.3, -0.25) is 4.79 Å². The molecule has 31 heavy (non-hydrogen) atoms. The van der Waals surface area contributed by atoms with Gasteiger partial charge in [-0.25, -0.2) is 4.79 Å². The maximum absolute atomic E-state index is 12.4. The molecule has 160 valence electrons. The largest absolute Gasteiger partial charge is 0.497 e. The van der Waals surface area contributed by atoms with Crippen LogP contribution in [0.5, 0.6) is 17.2 Å². The molecular weight excluding hydrogens is 394 g/mol. The number of amides is 1. The first-order valence-corrected chi connectivity index (χ1v) is 9.87. The van der Waals surface area contributed by atoms with Gasteiger partial charge in [-0.1, -0.05) is 6.07 Å². The van der Waals surface area contributed by atoms with Crippen molar-refractivity contribution < 1.29 is 23.8 Å². The summed E-state index contributed by atoms with van der Waals surface area (Å²) in [6.07, 6.45) is -0.778. The normalized spacial score (nSPS) is 11.4. The highest BCUT2D eigenvalue weighted by atomic mass is 16.6. The molecule has 0 aliphatic carbocycles. The molecule has 0 aliphatic rings. The van der Waals surface area contributed by atoms with Crippen molar-refractivity contribution in [1.29, 1.82) is 0 Å². The number of aryl methyl sites for hydroxylation is 2. The lowest BCUT2D eigenvalue weighted by Gasteiger charge is -2.15. The number of hydrogen-bond acceptors (Lipinski definition) is 5. The summed E-state index contributed by atoms with van der Waals surface area (Å²) in [4.78, 5) is 24.7.